The molecule has 0 N–H and O–H groups in total. The Morgan fingerprint density at radius 1 is 1.24 bits per heavy atom. The average Bonchev–Trinajstić information content (AvgIpc) is 2.46. The molecule has 106 valence electrons. The quantitative estimate of drug-likeness (QED) is 0.554. The fourth-order valence-electron chi connectivity index (χ4n) is 1.91. The molecule has 0 fully saturated rings. The lowest BCUT2D eigenvalue weighted by Gasteiger charge is -2.05. The molecule has 0 bridgehead atoms. The summed E-state index contributed by atoms with van der Waals surface area (Å²) in [6.07, 6.45) is 1.78. The van der Waals surface area contributed by atoms with Crippen LogP contribution >= 0.6 is 23.2 Å². The molecular weight excluding hydrogens is 305 g/mol. The van der Waals surface area contributed by atoms with Crippen LogP contribution in [0.3, 0.4) is 0 Å². The van der Waals surface area contributed by atoms with Crippen molar-refractivity contribution < 1.29 is 4.74 Å². The fraction of sp³-hybridized carbons (Fsp3) is 0.118. The van der Waals surface area contributed by atoms with Crippen LogP contribution in [-0.2, 0) is 0 Å². The van der Waals surface area contributed by atoms with Gasteiger partial charge in [0.25, 0.3) is 0 Å². The van der Waals surface area contributed by atoms with Crippen molar-refractivity contribution in [2.24, 2.45) is 0 Å². The van der Waals surface area contributed by atoms with Crippen LogP contribution in [0.2, 0.25) is 10.0 Å². The maximum atomic E-state index is 9.37. The second kappa shape index (κ2) is 7.17. The number of hydrogen-bond donors (Lipinski definition) is 0. The first-order valence-electron chi connectivity index (χ1n) is 6.44. The van der Waals surface area contributed by atoms with Crippen LogP contribution in [0.1, 0.15) is 18.1 Å². The van der Waals surface area contributed by atoms with Crippen molar-refractivity contribution in [3.63, 3.8) is 0 Å². The van der Waals surface area contributed by atoms with Gasteiger partial charge in [0.1, 0.15) is 5.75 Å². The van der Waals surface area contributed by atoms with Gasteiger partial charge in [0.2, 0.25) is 0 Å². The standard InChI is InChI=1S/C17H13Cl2NO/c1-2-21-15-5-3-4-12(9-15)8-13(11-20)16-7-6-14(18)10-17(16)19/h3-10H,2H2,1H3/b13-8+. The summed E-state index contributed by atoms with van der Waals surface area (Å²) in [4.78, 5) is 0. The van der Waals surface area contributed by atoms with E-state index in [0.29, 0.717) is 27.8 Å². The minimum absolute atomic E-state index is 0.455. The molecule has 0 unspecified atom stereocenters. The second-order valence-corrected chi connectivity index (χ2v) is 5.14. The van der Waals surface area contributed by atoms with Crippen LogP contribution < -0.4 is 4.74 Å². The number of nitriles is 1. The molecule has 2 nitrogen and oxygen atoms in total. The van der Waals surface area contributed by atoms with E-state index in [9.17, 15) is 5.26 Å². The van der Waals surface area contributed by atoms with E-state index in [1.54, 1.807) is 24.3 Å². The Kier molecular flexibility index (Phi) is 5.27. The highest BCUT2D eigenvalue weighted by molar-refractivity contribution is 6.36. The summed E-state index contributed by atoms with van der Waals surface area (Å²) in [5.74, 6) is 0.769. The van der Waals surface area contributed by atoms with Gasteiger partial charge in [-0.2, -0.15) is 5.26 Å². The molecule has 0 heterocycles. The van der Waals surface area contributed by atoms with Gasteiger partial charge >= 0.3 is 0 Å². The second-order valence-electron chi connectivity index (χ2n) is 4.30. The predicted molar refractivity (Wildman–Crippen MR) is 87.6 cm³/mol. The molecule has 2 aromatic rings. The van der Waals surface area contributed by atoms with E-state index in [1.165, 1.54) is 0 Å². The Labute approximate surface area is 134 Å². The molecule has 0 radical (unpaired) electrons. The maximum Gasteiger partial charge on any atom is 0.119 e. The van der Waals surface area contributed by atoms with Gasteiger partial charge in [0, 0.05) is 10.6 Å². The molecule has 2 rings (SSSR count). The minimum Gasteiger partial charge on any atom is -0.494 e. The largest absolute Gasteiger partial charge is 0.494 e. The Balaban J connectivity index is 2.41. The molecule has 0 saturated carbocycles. The third-order valence-electron chi connectivity index (χ3n) is 2.82. The normalized spacial score (nSPS) is 11.0. The molecule has 0 spiro atoms. The van der Waals surface area contributed by atoms with E-state index in [2.05, 4.69) is 6.07 Å². The third-order valence-corrected chi connectivity index (χ3v) is 3.37. The first-order chi connectivity index (χ1) is 10.1. The highest BCUT2D eigenvalue weighted by Crippen LogP contribution is 2.28. The molecule has 0 aromatic heterocycles. The lowest BCUT2D eigenvalue weighted by atomic mass is 10.0. The number of halogens is 2. The van der Waals surface area contributed by atoms with Crippen molar-refractivity contribution in [3.05, 3.63) is 63.6 Å². The number of allylic oxidation sites excluding steroid dienone is 1. The zero-order valence-electron chi connectivity index (χ0n) is 11.4. The van der Waals surface area contributed by atoms with E-state index < -0.39 is 0 Å². The zero-order chi connectivity index (χ0) is 15.2. The number of hydrogen-bond acceptors (Lipinski definition) is 2. The van der Waals surface area contributed by atoms with Crippen LogP contribution in [0, 0.1) is 11.3 Å². The summed E-state index contributed by atoms with van der Waals surface area (Å²) in [5, 5.41) is 10.4. The molecule has 2 aromatic carbocycles. The molecule has 4 heteroatoms. The maximum absolute atomic E-state index is 9.37. The van der Waals surface area contributed by atoms with Gasteiger partial charge in [-0.25, -0.2) is 0 Å². The van der Waals surface area contributed by atoms with Crippen LogP contribution in [0.5, 0.6) is 5.75 Å². The number of nitrogens with zero attached hydrogens (tertiary/aromatic N) is 1. The number of rotatable bonds is 4. The lowest BCUT2D eigenvalue weighted by molar-refractivity contribution is 0.340. The molecule has 0 amide bonds. The lowest BCUT2D eigenvalue weighted by Crippen LogP contribution is -1.91. The molecule has 21 heavy (non-hydrogen) atoms. The van der Waals surface area contributed by atoms with Gasteiger partial charge in [0.15, 0.2) is 0 Å². The highest BCUT2D eigenvalue weighted by Gasteiger charge is 2.07. The first-order valence-corrected chi connectivity index (χ1v) is 7.19. The Morgan fingerprint density at radius 2 is 2.05 bits per heavy atom. The van der Waals surface area contributed by atoms with E-state index in [-0.39, 0.29) is 0 Å². The summed E-state index contributed by atoms with van der Waals surface area (Å²) in [5.41, 5.74) is 2.01. The zero-order valence-corrected chi connectivity index (χ0v) is 12.9. The topological polar surface area (TPSA) is 33.0 Å². The van der Waals surface area contributed by atoms with Crippen LogP contribution in [0.15, 0.2) is 42.5 Å². The summed E-state index contributed by atoms with van der Waals surface area (Å²) < 4.78 is 5.45. The van der Waals surface area contributed by atoms with Gasteiger partial charge < -0.3 is 4.74 Å². The average molecular weight is 318 g/mol. The minimum atomic E-state index is 0.455. The molecule has 0 saturated heterocycles. The van der Waals surface area contributed by atoms with Gasteiger partial charge in [-0.05, 0) is 42.8 Å². The molecule has 0 aliphatic carbocycles. The highest BCUT2D eigenvalue weighted by atomic mass is 35.5. The van der Waals surface area contributed by atoms with E-state index in [4.69, 9.17) is 27.9 Å². The third kappa shape index (κ3) is 4.01. The fourth-order valence-corrected chi connectivity index (χ4v) is 2.42. The van der Waals surface area contributed by atoms with Gasteiger partial charge in [-0.1, -0.05) is 41.4 Å². The van der Waals surface area contributed by atoms with E-state index in [1.807, 2.05) is 31.2 Å². The first kappa shape index (κ1) is 15.4. The van der Waals surface area contributed by atoms with Crippen molar-refractivity contribution >= 4 is 34.9 Å². The van der Waals surface area contributed by atoms with Crippen molar-refractivity contribution in [1.29, 1.82) is 5.26 Å². The smallest absolute Gasteiger partial charge is 0.119 e. The van der Waals surface area contributed by atoms with Gasteiger partial charge in [0.05, 0.1) is 23.3 Å². The van der Waals surface area contributed by atoms with Crippen molar-refractivity contribution in [3.8, 4) is 11.8 Å². The van der Waals surface area contributed by atoms with Gasteiger partial charge in [-0.15, -0.1) is 0 Å². The van der Waals surface area contributed by atoms with Crippen LogP contribution in [0.4, 0.5) is 0 Å². The summed E-state index contributed by atoms with van der Waals surface area (Å²) in [6.45, 7) is 2.53. The monoisotopic (exact) mass is 317 g/mol. The SMILES string of the molecule is CCOc1cccc(/C=C(\C#N)c2ccc(Cl)cc2Cl)c1. The summed E-state index contributed by atoms with van der Waals surface area (Å²) >= 11 is 12.0. The Morgan fingerprint density at radius 3 is 2.71 bits per heavy atom. The Bertz CT molecular complexity index is 717. The van der Waals surface area contributed by atoms with E-state index >= 15 is 0 Å². The summed E-state index contributed by atoms with van der Waals surface area (Å²) in [7, 11) is 0. The molecule has 0 aliphatic heterocycles. The Hall–Kier alpha value is -1.95. The van der Waals surface area contributed by atoms with Crippen molar-refractivity contribution in [1.82, 2.24) is 0 Å². The molecular formula is C17H13Cl2NO. The molecule has 0 atom stereocenters. The molecule has 0 aliphatic rings. The van der Waals surface area contributed by atoms with Crippen molar-refractivity contribution in [2.75, 3.05) is 6.61 Å². The van der Waals surface area contributed by atoms with Crippen LogP contribution in [0.25, 0.3) is 11.6 Å². The van der Waals surface area contributed by atoms with E-state index in [0.717, 1.165) is 11.3 Å². The van der Waals surface area contributed by atoms with Crippen LogP contribution in [-0.4, -0.2) is 6.61 Å². The summed E-state index contributed by atoms with van der Waals surface area (Å²) in [6, 6.07) is 14.8. The van der Waals surface area contributed by atoms with Gasteiger partial charge in [-0.3, -0.25) is 0 Å². The number of benzene rings is 2. The van der Waals surface area contributed by atoms with Crippen molar-refractivity contribution in [2.45, 2.75) is 6.92 Å². The number of ether oxygens (including phenoxy) is 1. The predicted octanol–water partition coefficient (Wildman–Crippen LogP) is 5.46.